The molecule has 1 aromatic heterocycles. The molecule has 1 amide bonds. The Hall–Kier alpha value is -2.00. The zero-order chi connectivity index (χ0) is 14.8. The Morgan fingerprint density at radius 2 is 1.90 bits per heavy atom. The Morgan fingerprint density at radius 1 is 1.25 bits per heavy atom. The lowest BCUT2D eigenvalue weighted by Gasteiger charge is -2.40. The van der Waals surface area contributed by atoms with Crippen LogP contribution in [0.5, 0.6) is 0 Å². The maximum absolute atomic E-state index is 12.3. The summed E-state index contributed by atoms with van der Waals surface area (Å²) in [6.45, 7) is 8.26. The van der Waals surface area contributed by atoms with Crippen molar-refractivity contribution in [3.05, 3.63) is 23.8 Å². The normalized spacial score (nSPS) is 16.8. The van der Waals surface area contributed by atoms with Gasteiger partial charge in [-0.15, -0.1) is 0 Å². The molecule has 1 aliphatic rings. The lowest BCUT2D eigenvalue weighted by Crippen LogP contribution is -2.55. The van der Waals surface area contributed by atoms with Gasteiger partial charge in [0.05, 0.1) is 18.0 Å². The maximum Gasteiger partial charge on any atom is 0.274 e. The van der Waals surface area contributed by atoms with Gasteiger partial charge in [-0.25, -0.2) is 4.98 Å². The van der Waals surface area contributed by atoms with Gasteiger partial charge in [0.2, 0.25) is 0 Å². The van der Waals surface area contributed by atoms with E-state index in [4.69, 9.17) is 5.26 Å². The number of aryl methyl sites for hydroxylation is 1. The Bertz CT molecular complexity index is 523. The predicted molar refractivity (Wildman–Crippen MR) is 73.9 cm³/mol. The van der Waals surface area contributed by atoms with E-state index in [1.165, 1.54) is 6.20 Å². The van der Waals surface area contributed by atoms with E-state index >= 15 is 0 Å². The molecular weight excluding hydrogens is 254 g/mol. The number of aromatic nitrogens is 2. The minimum atomic E-state index is -0.487. The highest BCUT2D eigenvalue weighted by Gasteiger charge is 2.31. The topological polar surface area (TPSA) is 73.1 Å². The van der Waals surface area contributed by atoms with Crippen LogP contribution in [0.4, 0.5) is 0 Å². The molecule has 0 N–H and O–H groups in total. The van der Waals surface area contributed by atoms with Crippen molar-refractivity contribution in [3.8, 4) is 6.07 Å². The van der Waals surface area contributed by atoms with Gasteiger partial charge in [-0.1, -0.05) is 0 Å². The van der Waals surface area contributed by atoms with Gasteiger partial charge in [-0.3, -0.25) is 14.7 Å². The number of amides is 1. The van der Waals surface area contributed by atoms with Crippen molar-refractivity contribution < 1.29 is 4.79 Å². The highest BCUT2D eigenvalue weighted by Crippen LogP contribution is 2.16. The van der Waals surface area contributed by atoms with E-state index in [1.807, 2.05) is 20.8 Å². The number of hydrogen-bond donors (Lipinski definition) is 0. The van der Waals surface area contributed by atoms with Crippen LogP contribution in [0.2, 0.25) is 0 Å². The minimum Gasteiger partial charge on any atom is -0.335 e. The summed E-state index contributed by atoms with van der Waals surface area (Å²) in [7, 11) is 0. The van der Waals surface area contributed by atoms with Crippen molar-refractivity contribution in [1.82, 2.24) is 19.8 Å². The molecule has 0 bridgehead atoms. The second kappa shape index (κ2) is 5.55. The largest absolute Gasteiger partial charge is 0.335 e. The second-order valence-corrected chi connectivity index (χ2v) is 5.49. The molecule has 0 aromatic carbocycles. The van der Waals surface area contributed by atoms with Crippen LogP contribution in [-0.2, 0) is 0 Å². The first-order chi connectivity index (χ1) is 9.44. The molecule has 0 aliphatic carbocycles. The van der Waals surface area contributed by atoms with Crippen molar-refractivity contribution in [2.75, 3.05) is 26.2 Å². The van der Waals surface area contributed by atoms with E-state index in [0.29, 0.717) is 31.9 Å². The van der Waals surface area contributed by atoms with Crippen molar-refractivity contribution in [2.45, 2.75) is 26.3 Å². The maximum atomic E-state index is 12.3. The quantitative estimate of drug-likeness (QED) is 0.798. The molecule has 1 aromatic rings. The van der Waals surface area contributed by atoms with E-state index in [2.05, 4.69) is 20.9 Å². The summed E-state index contributed by atoms with van der Waals surface area (Å²) in [5.41, 5.74) is 0.685. The Kier molecular flexibility index (Phi) is 4.00. The fraction of sp³-hybridized carbons (Fsp3) is 0.571. The molecule has 1 saturated heterocycles. The molecule has 0 atom stereocenters. The third kappa shape index (κ3) is 2.94. The number of carbonyl (C=O) groups is 1. The second-order valence-electron chi connectivity index (χ2n) is 5.49. The summed E-state index contributed by atoms with van der Waals surface area (Å²) in [5.74, 6) is -0.0908. The molecule has 0 radical (unpaired) electrons. The Morgan fingerprint density at radius 3 is 2.40 bits per heavy atom. The summed E-state index contributed by atoms with van der Waals surface area (Å²) in [5, 5.41) is 9.13. The first-order valence-electron chi connectivity index (χ1n) is 6.68. The highest BCUT2D eigenvalue weighted by molar-refractivity contribution is 5.92. The third-order valence-corrected chi connectivity index (χ3v) is 3.63. The zero-order valence-corrected chi connectivity index (χ0v) is 12.1. The van der Waals surface area contributed by atoms with Crippen LogP contribution < -0.4 is 0 Å². The summed E-state index contributed by atoms with van der Waals surface area (Å²) in [6.07, 6.45) is 3.12. The molecule has 2 rings (SSSR count). The number of carbonyl (C=O) groups excluding carboxylic acids is 1. The smallest absolute Gasteiger partial charge is 0.274 e. The Balaban J connectivity index is 1.99. The fourth-order valence-corrected chi connectivity index (χ4v) is 2.20. The van der Waals surface area contributed by atoms with Gasteiger partial charge in [0.25, 0.3) is 5.91 Å². The summed E-state index contributed by atoms with van der Waals surface area (Å²) >= 11 is 0. The number of piperazine rings is 1. The van der Waals surface area contributed by atoms with E-state index in [0.717, 1.165) is 5.69 Å². The molecule has 20 heavy (non-hydrogen) atoms. The van der Waals surface area contributed by atoms with Gasteiger partial charge in [0.15, 0.2) is 0 Å². The predicted octanol–water partition coefficient (Wildman–Crippen LogP) is 0.845. The van der Waals surface area contributed by atoms with E-state index in [1.54, 1.807) is 11.1 Å². The van der Waals surface area contributed by atoms with Gasteiger partial charge in [-0.2, -0.15) is 5.26 Å². The third-order valence-electron chi connectivity index (χ3n) is 3.63. The highest BCUT2D eigenvalue weighted by atomic mass is 16.2. The molecule has 0 saturated carbocycles. The van der Waals surface area contributed by atoms with Crippen LogP contribution in [0, 0.1) is 18.3 Å². The van der Waals surface area contributed by atoms with Crippen LogP contribution in [0.3, 0.4) is 0 Å². The molecule has 0 unspecified atom stereocenters. The first-order valence-corrected chi connectivity index (χ1v) is 6.68. The lowest BCUT2D eigenvalue weighted by molar-refractivity contribution is 0.0515. The zero-order valence-electron chi connectivity index (χ0n) is 12.1. The van der Waals surface area contributed by atoms with Crippen molar-refractivity contribution in [1.29, 1.82) is 5.26 Å². The van der Waals surface area contributed by atoms with Crippen LogP contribution in [-0.4, -0.2) is 57.4 Å². The monoisotopic (exact) mass is 273 g/mol. The van der Waals surface area contributed by atoms with Gasteiger partial charge in [-0.05, 0) is 20.8 Å². The summed E-state index contributed by atoms with van der Waals surface area (Å²) < 4.78 is 0. The van der Waals surface area contributed by atoms with Crippen molar-refractivity contribution in [3.63, 3.8) is 0 Å². The van der Waals surface area contributed by atoms with Gasteiger partial charge in [0, 0.05) is 32.4 Å². The molecule has 106 valence electrons. The van der Waals surface area contributed by atoms with Crippen LogP contribution in [0.15, 0.2) is 12.4 Å². The number of nitrogens with zero attached hydrogens (tertiary/aromatic N) is 5. The standard InChI is InChI=1S/C14H19N5O/c1-11-8-17-12(9-16-11)13(20)18-4-6-19(7-5-18)14(2,3)10-15/h8-9H,4-7H2,1-3H3. The number of nitriles is 1. The van der Waals surface area contributed by atoms with Gasteiger partial charge >= 0.3 is 0 Å². The van der Waals surface area contributed by atoms with Crippen molar-refractivity contribution >= 4 is 5.91 Å². The van der Waals surface area contributed by atoms with Crippen LogP contribution >= 0.6 is 0 Å². The fourth-order valence-electron chi connectivity index (χ4n) is 2.20. The van der Waals surface area contributed by atoms with E-state index in [-0.39, 0.29) is 5.91 Å². The molecule has 2 heterocycles. The van der Waals surface area contributed by atoms with E-state index < -0.39 is 5.54 Å². The van der Waals surface area contributed by atoms with Crippen LogP contribution in [0.1, 0.15) is 30.0 Å². The molecule has 1 aliphatic heterocycles. The lowest BCUT2D eigenvalue weighted by atomic mass is 10.0. The average Bonchev–Trinajstić information content (AvgIpc) is 2.47. The minimum absolute atomic E-state index is 0.0908. The molecule has 6 nitrogen and oxygen atoms in total. The summed E-state index contributed by atoms with van der Waals surface area (Å²) in [4.78, 5) is 24.4. The average molecular weight is 273 g/mol. The SMILES string of the molecule is Cc1cnc(C(=O)N2CCN(C(C)(C)C#N)CC2)cn1. The van der Waals surface area contributed by atoms with E-state index in [9.17, 15) is 4.79 Å². The van der Waals surface area contributed by atoms with Gasteiger partial charge in [0.1, 0.15) is 11.2 Å². The molecular formula is C14H19N5O. The molecule has 6 heteroatoms. The number of hydrogen-bond acceptors (Lipinski definition) is 5. The summed E-state index contributed by atoms with van der Waals surface area (Å²) in [6, 6.07) is 2.29. The van der Waals surface area contributed by atoms with Crippen LogP contribution in [0.25, 0.3) is 0 Å². The Labute approximate surface area is 119 Å². The molecule has 0 spiro atoms. The molecule has 1 fully saturated rings. The van der Waals surface area contributed by atoms with Gasteiger partial charge < -0.3 is 4.90 Å². The van der Waals surface area contributed by atoms with Crippen molar-refractivity contribution in [2.24, 2.45) is 0 Å². The first kappa shape index (κ1) is 14.4. The number of rotatable bonds is 2.